The molecule has 0 aromatic heterocycles. The first-order valence-electron chi connectivity index (χ1n) is 18.2. The quantitative estimate of drug-likeness (QED) is 0.0730. The van der Waals surface area contributed by atoms with Gasteiger partial charge in [0.15, 0.2) is 11.5 Å². The predicted octanol–water partition coefficient (Wildman–Crippen LogP) is 8.29. The van der Waals surface area contributed by atoms with Crippen LogP contribution in [-0.4, -0.2) is 54.8 Å². The number of imide groups is 1. The van der Waals surface area contributed by atoms with Gasteiger partial charge in [-0.15, -0.1) is 0 Å². The molecule has 8 nitrogen and oxygen atoms in total. The van der Waals surface area contributed by atoms with Gasteiger partial charge in [-0.1, -0.05) is 42.5 Å². The smallest absolute Gasteiger partial charge is 0.262 e. The highest BCUT2D eigenvalue weighted by Gasteiger charge is 2.41. The van der Waals surface area contributed by atoms with Gasteiger partial charge in [0, 0.05) is 54.2 Å². The van der Waals surface area contributed by atoms with Crippen LogP contribution in [0.5, 0.6) is 11.5 Å². The van der Waals surface area contributed by atoms with Crippen LogP contribution in [-0.2, 0) is 27.3 Å². The monoisotopic (exact) mass is 795 g/mol. The van der Waals surface area contributed by atoms with Crippen molar-refractivity contribution in [2.24, 2.45) is 0 Å². The number of methoxy groups -OCH3 is 2. The van der Waals surface area contributed by atoms with E-state index in [1.165, 1.54) is 16.7 Å². The zero-order valence-corrected chi connectivity index (χ0v) is 31.8. The number of nitrogens with zero attached hydrogens (tertiary/aromatic N) is 2. The zero-order chi connectivity index (χ0) is 40.2. The maximum Gasteiger partial charge on any atom is 0.262 e. The van der Waals surface area contributed by atoms with Crippen LogP contribution in [0.3, 0.4) is 0 Å². The van der Waals surface area contributed by atoms with Crippen molar-refractivity contribution in [1.29, 1.82) is 0 Å². The number of carbonyl (C=O) groups is 3. The third-order valence-corrected chi connectivity index (χ3v) is 10.9. The molecule has 2 aliphatic rings. The lowest BCUT2D eigenvalue weighted by molar-refractivity contribution is -0.136. The van der Waals surface area contributed by atoms with Gasteiger partial charge in [-0.05, 0) is 95.6 Å². The Kier molecular flexibility index (Phi) is 11.8. The first-order valence-corrected chi connectivity index (χ1v) is 19.0. The van der Waals surface area contributed by atoms with Gasteiger partial charge in [-0.25, -0.2) is 17.6 Å². The Bertz CT molecular complexity index is 2300. The average Bonchev–Trinajstić information content (AvgIpc) is 3.44. The summed E-state index contributed by atoms with van der Waals surface area (Å²) in [4.78, 5) is 43.9. The van der Waals surface area contributed by atoms with Crippen LogP contribution in [0.1, 0.15) is 52.3 Å². The molecular formula is C44H37F4N3O5S. The third-order valence-electron chi connectivity index (χ3n) is 10.0. The number of nitrogens with one attached hydrogen (secondary N) is 1. The third kappa shape index (κ3) is 8.30. The molecule has 3 amide bonds. The molecule has 0 fully saturated rings. The predicted molar refractivity (Wildman–Crippen MR) is 208 cm³/mol. The molecule has 0 radical (unpaired) electrons. The van der Waals surface area contributed by atoms with Gasteiger partial charge < -0.3 is 9.47 Å². The fourth-order valence-electron chi connectivity index (χ4n) is 7.32. The average molecular weight is 796 g/mol. The van der Waals surface area contributed by atoms with Crippen molar-refractivity contribution in [3.05, 3.63) is 160 Å². The summed E-state index contributed by atoms with van der Waals surface area (Å²) in [6.07, 6.45) is 0.815. The summed E-state index contributed by atoms with van der Waals surface area (Å²) in [7, 11) is 3.27. The Morgan fingerprint density at radius 2 is 1.37 bits per heavy atom. The maximum atomic E-state index is 14.9. The van der Waals surface area contributed by atoms with E-state index in [-0.39, 0.29) is 31.3 Å². The fourth-order valence-corrected chi connectivity index (χ4v) is 7.92. The van der Waals surface area contributed by atoms with Crippen LogP contribution in [0, 0.1) is 23.3 Å². The molecule has 2 heterocycles. The molecule has 13 heteroatoms. The summed E-state index contributed by atoms with van der Waals surface area (Å²) >= 11 is 1.12. The normalized spacial score (nSPS) is 15.5. The van der Waals surface area contributed by atoms with E-state index in [2.05, 4.69) is 33.9 Å². The fraction of sp³-hybridized carbons (Fsp3) is 0.205. The summed E-state index contributed by atoms with van der Waals surface area (Å²) in [5.74, 6) is -4.95. The number of fused-ring (bicyclic) bond motifs is 1. The van der Waals surface area contributed by atoms with Gasteiger partial charge in [0.1, 0.15) is 23.3 Å². The standard InChI is InChI=1S/C44H37F4N3O5S/c1-55-37-21-28-18-20-50(42(27-7-4-3-5-8-27)34(28)24-38(37)56-2)25-26-10-14-31(15-11-26)57-49-39(52)9-6-19-51-43(53)40(32-16-12-29(45)22-35(32)47)41(44(51)54)33-17-13-30(46)23-36(33)48/h3-5,7-8,10-17,21-24,42H,6,9,18-20,25H2,1-2H3,(H,49,52). The van der Waals surface area contributed by atoms with E-state index in [4.69, 9.17) is 9.47 Å². The summed E-state index contributed by atoms with van der Waals surface area (Å²) in [6, 6.07) is 27.2. The molecular weight excluding hydrogens is 759 g/mol. The molecule has 0 bridgehead atoms. The highest BCUT2D eigenvalue weighted by Crippen LogP contribution is 2.42. The zero-order valence-electron chi connectivity index (χ0n) is 31.0. The number of hydrogen-bond donors (Lipinski definition) is 1. The molecule has 7 rings (SSSR count). The first kappa shape index (κ1) is 39.3. The number of ether oxygens (including phenoxy) is 2. The van der Waals surface area contributed by atoms with E-state index in [0.29, 0.717) is 30.2 Å². The molecule has 292 valence electrons. The molecule has 0 aliphatic carbocycles. The van der Waals surface area contributed by atoms with E-state index < -0.39 is 57.4 Å². The lowest BCUT2D eigenvalue weighted by Gasteiger charge is -2.38. The van der Waals surface area contributed by atoms with Crippen molar-refractivity contribution in [2.45, 2.75) is 36.7 Å². The van der Waals surface area contributed by atoms with Crippen LogP contribution >= 0.6 is 11.9 Å². The number of amides is 3. The molecule has 0 saturated heterocycles. The number of halogens is 4. The topological polar surface area (TPSA) is 88.2 Å². The minimum absolute atomic E-state index is 0.00337. The molecule has 5 aromatic carbocycles. The minimum Gasteiger partial charge on any atom is -0.493 e. The van der Waals surface area contributed by atoms with E-state index in [0.717, 1.165) is 64.5 Å². The van der Waals surface area contributed by atoms with E-state index in [1.807, 2.05) is 42.5 Å². The van der Waals surface area contributed by atoms with E-state index >= 15 is 0 Å². The molecule has 57 heavy (non-hydrogen) atoms. The van der Waals surface area contributed by atoms with Crippen molar-refractivity contribution in [3.63, 3.8) is 0 Å². The largest absolute Gasteiger partial charge is 0.493 e. The second-order valence-electron chi connectivity index (χ2n) is 13.6. The van der Waals surface area contributed by atoms with Crippen LogP contribution in [0.15, 0.2) is 108 Å². The maximum absolute atomic E-state index is 14.9. The number of rotatable bonds is 13. The summed E-state index contributed by atoms with van der Waals surface area (Å²) in [5.41, 5.74) is 2.86. The van der Waals surface area contributed by atoms with Gasteiger partial charge in [-0.2, -0.15) is 0 Å². The lowest BCUT2D eigenvalue weighted by Crippen LogP contribution is -2.35. The van der Waals surface area contributed by atoms with Gasteiger partial charge in [0.05, 0.1) is 31.4 Å². The summed E-state index contributed by atoms with van der Waals surface area (Å²) in [5, 5.41) is 0. The Balaban J connectivity index is 0.971. The number of benzene rings is 5. The van der Waals surface area contributed by atoms with E-state index in [1.54, 1.807) is 14.2 Å². The SMILES string of the molecule is COc1cc2c(cc1OC)C(c1ccccc1)N(Cc1ccc(SNC(=O)CCCN3C(=O)C(c4ccc(F)cc4F)=C(c4ccc(F)cc4F)C3=O)cc1)CC2. The Hall–Kier alpha value is -5.92. The van der Waals surface area contributed by atoms with Gasteiger partial charge in [0.25, 0.3) is 11.8 Å². The summed E-state index contributed by atoms with van der Waals surface area (Å²) < 4.78 is 71.2. The molecule has 1 atom stereocenters. The van der Waals surface area contributed by atoms with Crippen molar-refractivity contribution >= 4 is 40.8 Å². The molecule has 0 spiro atoms. The Morgan fingerprint density at radius 3 is 1.95 bits per heavy atom. The molecule has 5 aromatic rings. The Labute approximate surface area is 331 Å². The Morgan fingerprint density at radius 1 is 0.772 bits per heavy atom. The van der Waals surface area contributed by atoms with Crippen molar-refractivity contribution in [3.8, 4) is 11.5 Å². The van der Waals surface area contributed by atoms with Crippen molar-refractivity contribution in [1.82, 2.24) is 14.5 Å². The van der Waals surface area contributed by atoms with Gasteiger partial charge in [0.2, 0.25) is 5.91 Å². The van der Waals surface area contributed by atoms with E-state index in [9.17, 15) is 31.9 Å². The molecule has 1 N–H and O–H groups in total. The van der Waals surface area contributed by atoms with Crippen molar-refractivity contribution in [2.75, 3.05) is 27.3 Å². The highest BCUT2D eigenvalue weighted by atomic mass is 32.2. The number of carbonyl (C=O) groups excluding carboxylic acids is 3. The lowest BCUT2D eigenvalue weighted by atomic mass is 9.87. The van der Waals surface area contributed by atoms with Crippen LogP contribution < -0.4 is 14.2 Å². The van der Waals surface area contributed by atoms with Crippen LogP contribution in [0.25, 0.3) is 11.1 Å². The molecule has 0 saturated carbocycles. The van der Waals surface area contributed by atoms with Crippen LogP contribution in [0.2, 0.25) is 0 Å². The first-order chi connectivity index (χ1) is 27.6. The van der Waals surface area contributed by atoms with Crippen molar-refractivity contribution < 1.29 is 41.4 Å². The molecule has 1 unspecified atom stereocenters. The second-order valence-corrected chi connectivity index (χ2v) is 14.5. The van der Waals surface area contributed by atoms with Gasteiger partial charge >= 0.3 is 0 Å². The second kappa shape index (κ2) is 17.1. The van der Waals surface area contributed by atoms with Gasteiger partial charge in [-0.3, -0.25) is 28.9 Å². The van der Waals surface area contributed by atoms with Crippen LogP contribution in [0.4, 0.5) is 17.6 Å². The molecule has 2 aliphatic heterocycles. The summed E-state index contributed by atoms with van der Waals surface area (Å²) in [6.45, 7) is 1.26. The minimum atomic E-state index is -1.13. The highest BCUT2D eigenvalue weighted by molar-refractivity contribution is 7.98. The number of hydrogen-bond acceptors (Lipinski definition) is 7.